The molecule has 3 aromatic rings. The van der Waals surface area contributed by atoms with Gasteiger partial charge in [-0.3, -0.25) is 14.4 Å². The lowest BCUT2D eigenvalue weighted by atomic mass is 9.89. The number of carboxylic acids is 1. The van der Waals surface area contributed by atoms with Crippen LogP contribution in [-0.2, 0) is 16.0 Å². The first-order valence-corrected chi connectivity index (χ1v) is 11.4. The summed E-state index contributed by atoms with van der Waals surface area (Å²) in [6.45, 7) is 3.48. The number of hydrogen-bond donors (Lipinski definition) is 2. The van der Waals surface area contributed by atoms with Crippen molar-refractivity contribution in [2.45, 2.75) is 44.7 Å². The summed E-state index contributed by atoms with van der Waals surface area (Å²) in [5, 5.41) is 9.19. The maximum absolute atomic E-state index is 13.8. The van der Waals surface area contributed by atoms with Gasteiger partial charge >= 0.3 is 5.97 Å². The number of aliphatic carboxylic acids is 1. The zero-order valence-corrected chi connectivity index (χ0v) is 20.1. The fourth-order valence-corrected chi connectivity index (χ4v) is 4.30. The van der Waals surface area contributed by atoms with Gasteiger partial charge in [-0.1, -0.05) is 36.4 Å². The van der Waals surface area contributed by atoms with E-state index in [4.69, 9.17) is 5.73 Å². The molecule has 36 heavy (non-hydrogen) atoms. The minimum absolute atomic E-state index is 0.162. The molecule has 0 unspecified atom stereocenters. The number of benzene rings is 3. The first kappa shape index (κ1) is 26.5. The number of nitrogens with two attached hydrogens (primary N) is 1. The summed E-state index contributed by atoms with van der Waals surface area (Å²) in [6, 6.07) is 17.1. The summed E-state index contributed by atoms with van der Waals surface area (Å²) in [4.78, 5) is 38.8. The lowest BCUT2D eigenvalue weighted by Crippen LogP contribution is -2.58. The Hall–Kier alpha value is -4.07. The molecule has 0 fully saturated rings. The largest absolute Gasteiger partial charge is 0.481 e. The van der Waals surface area contributed by atoms with Crippen LogP contribution in [0.2, 0.25) is 0 Å². The molecule has 8 heteroatoms. The van der Waals surface area contributed by atoms with Crippen LogP contribution < -0.4 is 5.73 Å². The van der Waals surface area contributed by atoms with E-state index in [-0.39, 0.29) is 30.6 Å². The molecule has 6 nitrogen and oxygen atoms in total. The van der Waals surface area contributed by atoms with Gasteiger partial charge in [0.05, 0.1) is 0 Å². The Morgan fingerprint density at radius 1 is 0.917 bits per heavy atom. The van der Waals surface area contributed by atoms with Crippen molar-refractivity contribution in [1.82, 2.24) is 4.90 Å². The zero-order valence-electron chi connectivity index (χ0n) is 20.1. The quantitative estimate of drug-likeness (QED) is 0.422. The van der Waals surface area contributed by atoms with Crippen molar-refractivity contribution in [1.29, 1.82) is 0 Å². The van der Waals surface area contributed by atoms with Crippen LogP contribution in [0.3, 0.4) is 0 Å². The molecule has 0 spiro atoms. The third-order valence-corrected chi connectivity index (χ3v) is 5.98. The molecule has 0 aromatic heterocycles. The van der Waals surface area contributed by atoms with Gasteiger partial charge in [0.15, 0.2) is 0 Å². The summed E-state index contributed by atoms with van der Waals surface area (Å²) in [7, 11) is 0. The van der Waals surface area contributed by atoms with Gasteiger partial charge in [-0.05, 0) is 79.8 Å². The average molecular weight is 495 g/mol. The molecule has 0 saturated carbocycles. The molecule has 2 amide bonds. The number of nitrogens with zero attached hydrogens (tertiary/aromatic N) is 1. The highest BCUT2D eigenvalue weighted by molar-refractivity contribution is 5.98. The van der Waals surface area contributed by atoms with E-state index in [9.17, 15) is 28.3 Å². The molecule has 0 aliphatic carbocycles. The Bertz CT molecular complexity index is 1240. The van der Waals surface area contributed by atoms with E-state index in [0.717, 1.165) is 5.56 Å². The van der Waals surface area contributed by atoms with Crippen molar-refractivity contribution in [3.05, 3.63) is 95.6 Å². The third kappa shape index (κ3) is 6.53. The normalized spacial score (nSPS) is 12.1. The summed E-state index contributed by atoms with van der Waals surface area (Å²) in [6.07, 6.45) is -0.260. The van der Waals surface area contributed by atoms with Crippen LogP contribution in [0.1, 0.15) is 42.6 Å². The van der Waals surface area contributed by atoms with Gasteiger partial charge in [0.25, 0.3) is 5.91 Å². The van der Waals surface area contributed by atoms with Crippen molar-refractivity contribution in [3.63, 3.8) is 0 Å². The second kappa shape index (κ2) is 11.1. The molecule has 188 valence electrons. The fourth-order valence-electron chi connectivity index (χ4n) is 4.30. The third-order valence-electron chi connectivity index (χ3n) is 5.98. The number of carbonyl (C=O) groups excluding carboxylic acids is 2. The molecule has 3 rings (SSSR count). The van der Waals surface area contributed by atoms with Gasteiger partial charge in [0.1, 0.15) is 17.7 Å². The van der Waals surface area contributed by atoms with Crippen LogP contribution >= 0.6 is 0 Å². The van der Waals surface area contributed by atoms with E-state index in [2.05, 4.69) is 0 Å². The number of carboxylic acid groups (broad SMARTS) is 1. The smallest absolute Gasteiger partial charge is 0.303 e. The van der Waals surface area contributed by atoms with Gasteiger partial charge in [0.2, 0.25) is 5.91 Å². The minimum atomic E-state index is -1.19. The maximum atomic E-state index is 13.8. The fraction of sp³-hybridized carbons (Fsp3) is 0.250. The molecule has 3 aromatic carbocycles. The monoisotopic (exact) mass is 494 g/mol. The second-order valence-electron chi connectivity index (χ2n) is 9.23. The molecular formula is C28H28F2N2O4. The van der Waals surface area contributed by atoms with E-state index < -0.39 is 35.2 Å². The average Bonchev–Trinajstić information content (AvgIpc) is 2.82. The second-order valence-corrected chi connectivity index (χ2v) is 9.23. The highest BCUT2D eigenvalue weighted by atomic mass is 19.1. The van der Waals surface area contributed by atoms with Crippen LogP contribution in [0.15, 0.2) is 72.8 Å². The van der Waals surface area contributed by atoms with Gasteiger partial charge < -0.3 is 15.7 Å². The molecule has 1 atom stereocenters. The van der Waals surface area contributed by atoms with E-state index >= 15 is 0 Å². The van der Waals surface area contributed by atoms with Gasteiger partial charge in [-0.25, -0.2) is 8.78 Å². The number of hydrogen-bond acceptors (Lipinski definition) is 3. The minimum Gasteiger partial charge on any atom is -0.481 e. The molecule has 0 heterocycles. The number of primary amides is 1. The summed E-state index contributed by atoms with van der Waals surface area (Å²) in [5.74, 6) is -3.25. The lowest BCUT2D eigenvalue weighted by Gasteiger charge is -2.43. The molecule has 0 aliphatic rings. The molecule has 0 radical (unpaired) electrons. The van der Waals surface area contributed by atoms with Crippen LogP contribution in [-0.4, -0.2) is 39.4 Å². The summed E-state index contributed by atoms with van der Waals surface area (Å²) >= 11 is 0. The molecule has 0 saturated heterocycles. The summed E-state index contributed by atoms with van der Waals surface area (Å²) < 4.78 is 27.0. The van der Waals surface area contributed by atoms with Crippen LogP contribution in [0, 0.1) is 11.6 Å². The molecule has 0 bridgehead atoms. The van der Waals surface area contributed by atoms with E-state index in [0.29, 0.717) is 11.1 Å². The molecule has 3 N–H and O–H groups in total. The zero-order chi connectivity index (χ0) is 26.5. The number of rotatable bonds is 10. The van der Waals surface area contributed by atoms with Crippen molar-refractivity contribution < 1.29 is 28.3 Å². The van der Waals surface area contributed by atoms with Gasteiger partial charge in [0, 0.05) is 17.5 Å². The van der Waals surface area contributed by atoms with Crippen LogP contribution in [0.4, 0.5) is 8.78 Å². The predicted molar refractivity (Wildman–Crippen MR) is 132 cm³/mol. The van der Waals surface area contributed by atoms with E-state index in [1.54, 1.807) is 62.4 Å². The Labute approximate surface area is 208 Å². The molecular weight excluding hydrogens is 466 g/mol. The van der Waals surface area contributed by atoms with Gasteiger partial charge in [-0.15, -0.1) is 0 Å². The van der Waals surface area contributed by atoms with Crippen molar-refractivity contribution in [3.8, 4) is 11.1 Å². The van der Waals surface area contributed by atoms with Gasteiger partial charge in [-0.2, -0.15) is 0 Å². The first-order valence-electron chi connectivity index (χ1n) is 11.4. The first-order chi connectivity index (χ1) is 17.0. The van der Waals surface area contributed by atoms with Crippen LogP contribution in [0.25, 0.3) is 11.1 Å². The highest BCUT2D eigenvalue weighted by Crippen LogP contribution is 2.29. The number of halogens is 2. The van der Waals surface area contributed by atoms with Crippen molar-refractivity contribution in [2.24, 2.45) is 5.73 Å². The Morgan fingerprint density at radius 2 is 1.56 bits per heavy atom. The predicted octanol–water partition coefficient (Wildman–Crippen LogP) is 4.81. The number of amides is 2. The van der Waals surface area contributed by atoms with Crippen molar-refractivity contribution in [2.75, 3.05) is 0 Å². The maximum Gasteiger partial charge on any atom is 0.303 e. The highest BCUT2D eigenvalue weighted by Gasteiger charge is 2.39. The standard InChI is InChI=1S/C28H28F2N2O4/c1-28(2,17-18-6-12-22(29)13-7-18)32(24(26(31)35)14-15-25(33)34)27(36)20-10-8-19(9-11-20)21-4-3-5-23(30)16-21/h3-13,16,24H,14-15,17H2,1-2H3,(H2,31,35)(H,33,34)/t24-/m0/s1. The summed E-state index contributed by atoms with van der Waals surface area (Å²) in [5.41, 5.74) is 6.97. The lowest BCUT2D eigenvalue weighted by molar-refractivity contribution is -0.137. The van der Waals surface area contributed by atoms with Crippen molar-refractivity contribution >= 4 is 17.8 Å². The SMILES string of the molecule is CC(C)(Cc1ccc(F)cc1)N(C(=O)c1ccc(-c2cccc(F)c2)cc1)[C@@H](CCC(=O)O)C(N)=O. The van der Waals surface area contributed by atoms with Crippen LogP contribution in [0.5, 0.6) is 0 Å². The van der Waals surface area contributed by atoms with E-state index in [1.807, 2.05) is 0 Å². The molecule has 0 aliphatic heterocycles. The topological polar surface area (TPSA) is 101 Å². The Kier molecular flexibility index (Phi) is 8.19. The number of carbonyl (C=O) groups is 3. The Morgan fingerprint density at radius 3 is 2.11 bits per heavy atom. The Balaban J connectivity index is 1.99. The van der Waals surface area contributed by atoms with E-state index in [1.165, 1.54) is 29.2 Å².